The van der Waals surface area contributed by atoms with Gasteiger partial charge in [-0.25, -0.2) is 0 Å². The third-order valence-corrected chi connectivity index (χ3v) is 5.82. The van der Waals surface area contributed by atoms with E-state index in [1.54, 1.807) is 0 Å². The van der Waals surface area contributed by atoms with E-state index >= 15 is 0 Å². The number of hydrogen-bond acceptors (Lipinski definition) is 2. The lowest BCUT2D eigenvalue weighted by Gasteiger charge is -2.48. The van der Waals surface area contributed by atoms with Gasteiger partial charge in [-0.3, -0.25) is 0 Å². The smallest absolute Gasteiger partial charge is 0.121 e. The van der Waals surface area contributed by atoms with Crippen molar-refractivity contribution in [2.24, 2.45) is 16.7 Å². The highest BCUT2D eigenvalue weighted by molar-refractivity contribution is 5.37. The Morgan fingerprint density at radius 3 is 2.06 bits per heavy atom. The molecule has 0 spiro atoms. The molecule has 4 unspecified atom stereocenters. The minimum Gasteiger partial charge on any atom is -0.382 e. The summed E-state index contributed by atoms with van der Waals surface area (Å²) < 4.78 is 0. The molecule has 0 amide bonds. The standard InChI is InChI=1S/C14H22O2/c1-6-13(15)10-8-9-12(5,11(10,3)4)14(13,16)7-2/h6-7,10,15-16H,1-2,8-9H2,3-5H3. The maximum atomic E-state index is 10.9. The summed E-state index contributed by atoms with van der Waals surface area (Å²) in [7, 11) is 0. The zero-order chi connectivity index (χ0) is 12.4. The molecule has 0 aliphatic heterocycles. The second-order valence-corrected chi connectivity index (χ2v) is 6.15. The quantitative estimate of drug-likeness (QED) is 0.704. The number of hydrogen-bond donors (Lipinski definition) is 2. The first-order valence-corrected chi connectivity index (χ1v) is 5.93. The third kappa shape index (κ3) is 0.811. The predicted octanol–water partition coefficient (Wildman–Crippen LogP) is 2.28. The fourth-order valence-corrected chi connectivity index (χ4v) is 4.35. The Balaban J connectivity index is 2.71. The summed E-state index contributed by atoms with van der Waals surface area (Å²) in [5.74, 6) is 0.0468. The largest absolute Gasteiger partial charge is 0.382 e. The molecule has 0 heterocycles. The summed E-state index contributed by atoms with van der Waals surface area (Å²) in [6.45, 7) is 13.7. The molecular weight excluding hydrogens is 200 g/mol. The van der Waals surface area contributed by atoms with Gasteiger partial charge >= 0.3 is 0 Å². The van der Waals surface area contributed by atoms with E-state index in [-0.39, 0.29) is 16.7 Å². The van der Waals surface area contributed by atoms with E-state index in [0.717, 1.165) is 12.8 Å². The van der Waals surface area contributed by atoms with Crippen LogP contribution in [0, 0.1) is 16.7 Å². The van der Waals surface area contributed by atoms with E-state index in [1.807, 2.05) is 0 Å². The van der Waals surface area contributed by atoms with E-state index in [1.165, 1.54) is 12.2 Å². The van der Waals surface area contributed by atoms with Crippen LogP contribution in [-0.2, 0) is 0 Å². The van der Waals surface area contributed by atoms with Crippen molar-refractivity contribution in [3.63, 3.8) is 0 Å². The first kappa shape index (κ1) is 11.9. The van der Waals surface area contributed by atoms with Crippen LogP contribution in [0.25, 0.3) is 0 Å². The topological polar surface area (TPSA) is 40.5 Å². The van der Waals surface area contributed by atoms with Gasteiger partial charge in [-0.05, 0) is 18.3 Å². The molecule has 0 aromatic heterocycles. The molecule has 0 radical (unpaired) electrons. The molecule has 2 bridgehead atoms. The van der Waals surface area contributed by atoms with Crippen LogP contribution in [0.3, 0.4) is 0 Å². The Kier molecular flexibility index (Phi) is 2.08. The second-order valence-electron chi connectivity index (χ2n) is 6.15. The molecule has 2 fully saturated rings. The van der Waals surface area contributed by atoms with Crippen LogP contribution < -0.4 is 0 Å². The van der Waals surface area contributed by atoms with E-state index in [9.17, 15) is 10.2 Å². The lowest BCUT2D eigenvalue weighted by atomic mass is 9.62. The SMILES string of the molecule is C=CC1(O)C2CCC(C)(C2(C)C)C1(O)C=C. The van der Waals surface area contributed by atoms with Gasteiger partial charge in [0.15, 0.2) is 0 Å². The summed E-state index contributed by atoms with van der Waals surface area (Å²) in [6.07, 6.45) is 4.87. The molecular formula is C14H22O2. The van der Waals surface area contributed by atoms with Crippen molar-refractivity contribution < 1.29 is 10.2 Å². The van der Waals surface area contributed by atoms with Gasteiger partial charge in [-0.1, -0.05) is 32.9 Å². The van der Waals surface area contributed by atoms with E-state index in [2.05, 4.69) is 33.9 Å². The van der Waals surface area contributed by atoms with Crippen LogP contribution >= 0.6 is 0 Å². The van der Waals surface area contributed by atoms with Crippen LogP contribution in [0.1, 0.15) is 33.6 Å². The lowest BCUT2D eigenvalue weighted by molar-refractivity contribution is -0.151. The number of rotatable bonds is 2. The minimum atomic E-state index is -1.27. The van der Waals surface area contributed by atoms with Gasteiger partial charge in [0, 0.05) is 11.3 Å². The maximum absolute atomic E-state index is 10.9. The summed E-state index contributed by atoms with van der Waals surface area (Å²) in [6, 6.07) is 0. The first-order valence-electron chi connectivity index (χ1n) is 5.93. The molecule has 0 aromatic rings. The Labute approximate surface area is 97.7 Å². The molecule has 90 valence electrons. The fraction of sp³-hybridized carbons (Fsp3) is 0.714. The first-order chi connectivity index (χ1) is 7.21. The highest BCUT2D eigenvalue weighted by Gasteiger charge is 2.77. The minimum absolute atomic E-state index is 0.0468. The average molecular weight is 222 g/mol. The van der Waals surface area contributed by atoms with Gasteiger partial charge in [0.05, 0.1) is 0 Å². The molecule has 0 aromatic carbocycles. The predicted molar refractivity (Wildman–Crippen MR) is 64.9 cm³/mol. The highest BCUT2D eigenvalue weighted by Crippen LogP contribution is 2.73. The van der Waals surface area contributed by atoms with Crippen molar-refractivity contribution in [3.8, 4) is 0 Å². The van der Waals surface area contributed by atoms with E-state index in [4.69, 9.17) is 0 Å². The van der Waals surface area contributed by atoms with Crippen LogP contribution in [-0.4, -0.2) is 21.4 Å². The van der Waals surface area contributed by atoms with Gasteiger partial charge in [-0.15, -0.1) is 13.2 Å². The lowest BCUT2D eigenvalue weighted by Crippen LogP contribution is -2.59. The van der Waals surface area contributed by atoms with Crippen LogP contribution in [0.15, 0.2) is 25.3 Å². The van der Waals surface area contributed by atoms with Crippen molar-refractivity contribution in [1.29, 1.82) is 0 Å². The van der Waals surface area contributed by atoms with Crippen LogP contribution in [0.4, 0.5) is 0 Å². The molecule has 2 heteroatoms. The van der Waals surface area contributed by atoms with Gasteiger partial charge < -0.3 is 10.2 Å². The van der Waals surface area contributed by atoms with Crippen molar-refractivity contribution in [2.45, 2.75) is 44.8 Å². The maximum Gasteiger partial charge on any atom is 0.121 e. The number of aliphatic hydroxyl groups is 2. The van der Waals surface area contributed by atoms with Gasteiger partial charge in [0.2, 0.25) is 0 Å². The van der Waals surface area contributed by atoms with Gasteiger partial charge in [0.1, 0.15) is 11.2 Å². The monoisotopic (exact) mass is 222 g/mol. The Bertz CT molecular complexity index is 360. The van der Waals surface area contributed by atoms with Gasteiger partial charge in [0.25, 0.3) is 0 Å². The second kappa shape index (κ2) is 2.80. The van der Waals surface area contributed by atoms with E-state index in [0.29, 0.717) is 0 Å². The summed E-state index contributed by atoms with van der Waals surface area (Å²) in [5, 5.41) is 21.6. The molecule has 2 saturated carbocycles. The summed E-state index contributed by atoms with van der Waals surface area (Å²) in [4.78, 5) is 0. The molecule has 16 heavy (non-hydrogen) atoms. The average Bonchev–Trinajstić information content (AvgIpc) is 2.53. The van der Waals surface area contributed by atoms with Crippen LogP contribution in [0.2, 0.25) is 0 Å². The Morgan fingerprint density at radius 1 is 1.12 bits per heavy atom. The molecule has 2 aliphatic rings. The summed E-state index contributed by atoms with van der Waals surface area (Å²) in [5.41, 5.74) is -2.96. The number of fused-ring (bicyclic) bond motifs is 2. The van der Waals surface area contributed by atoms with Crippen molar-refractivity contribution >= 4 is 0 Å². The highest BCUT2D eigenvalue weighted by atomic mass is 16.4. The molecule has 4 atom stereocenters. The summed E-state index contributed by atoms with van der Waals surface area (Å²) >= 11 is 0. The van der Waals surface area contributed by atoms with Crippen LogP contribution in [0.5, 0.6) is 0 Å². The fourth-order valence-electron chi connectivity index (χ4n) is 4.35. The van der Waals surface area contributed by atoms with Gasteiger partial charge in [-0.2, -0.15) is 0 Å². The molecule has 2 N–H and O–H groups in total. The molecule has 0 saturated heterocycles. The third-order valence-electron chi connectivity index (χ3n) is 5.82. The van der Waals surface area contributed by atoms with Crippen molar-refractivity contribution in [3.05, 3.63) is 25.3 Å². The Hall–Kier alpha value is -0.600. The zero-order valence-corrected chi connectivity index (χ0v) is 10.5. The molecule has 2 nitrogen and oxygen atoms in total. The molecule has 2 rings (SSSR count). The normalized spacial score (nSPS) is 53.9. The van der Waals surface area contributed by atoms with E-state index < -0.39 is 11.2 Å². The zero-order valence-electron chi connectivity index (χ0n) is 10.5. The van der Waals surface area contributed by atoms with Crippen molar-refractivity contribution in [1.82, 2.24) is 0 Å². The molecule has 2 aliphatic carbocycles. The Morgan fingerprint density at radius 2 is 1.69 bits per heavy atom. The van der Waals surface area contributed by atoms with Crippen molar-refractivity contribution in [2.75, 3.05) is 0 Å².